The molecule has 0 aliphatic carbocycles. The van der Waals surface area contributed by atoms with Crippen molar-refractivity contribution in [2.75, 3.05) is 0 Å². The van der Waals surface area contributed by atoms with Crippen molar-refractivity contribution in [3.8, 4) is 0 Å². The quantitative estimate of drug-likeness (QED) is 0.830. The van der Waals surface area contributed by atoms with Gasteiger partial charge in [-0.25, -0.2) is 13.4 Å². The summed E-state index contributed by atoms with van der Waals surface area (Å²) in [5.41, 5.74) is 1.76. The van der Waals surface area contributed by atoms with Crippen molar-refractivity contribution >= 4 is 27.3 Å². The Bertz CT molecular complexity index is 867. The van der Waals surface area contributed by atoms with Crippen LogP contribution in [0.15, 0.2) is 4.21 Å². The summed E-state index contributed by atoms with van der Waals surface area (Å²) in [6.45, 7) is 6.62. The molecular formula is C13H18N4O4S2. The number of hydrogen-bond acceptors (Lipinski definition) is 6. The van der Waals surface area contributed by atoms with E-state index < -0.39 is 22.0 Å². The fraction of sp³-hybridized carbons (Fsp3) is 0.462. The number of thiazole rings is 1. The molecule has 1 atom stereocenters. The third-order valence-electron chi connectivity index (χ3n) is 3.48. The van der Waals surface area contributed by atoms with Gasteiger partial charge in [0.25, 0.3) is 10.0 Å². The number of nitrogens with zero attached hydrogens (tertiary/aromatic N) is 3. The molecule has 10 heteroatoms. The van der Waals surface area contributed by atoms with Crippen molar-refractivity contribution in [3.63, 3.8) is 0 Å². The van der Waals surface area contributed by atoms with E-state index in [2.05, 4.69) is 14.8 Å². The van der Waals surface area contributed by atoms with Gasteiger partial charge in [-0.2, -0.15) is 9.82 Å². The van der Waals surface area contributed by atoms with Crippen LogP contribution < -0.4 is 4.72 Å². The van der Waals surface area contributed by atoms with Crippen LogP contribution >= 0.6 is 11.3 Å². The number of rotatable bonds is 5. The predicted molar refractivity (Wildman–Crippen MR) is 85.0 cm³/mol. The fourth-order valence-electron chi connectivity index (χ4n) is 2.41. The molecule has 0 aliphatic heterocycles. The highest BCUT2D eigenvalue weighted by atomic mass is 32.2. The molecule has 0 radical (unpaired) electrons. The third-order valence-corrected chi connectivity index (χ3v) is 6.58. The highest BCUT2D eigenvalue weighted by Gasteiger charge is 2.33. The molecule has 2 rings (SSSR count). The van der Waals surface area contributed by atoms with Crippen LogP contribution in [0.4, 0.5) is 0 Å². The van der Waals surface area contributed by atoms with Gasteiger partial charge in [-0.1, -0.05) is 0 Å². The van der Waals surface area contributed by atoms with Crippen LogP contribution in [0.5, 0.6) is 0 Å². The largest absolute Gasteiger partial charge is 0.480 e. The topological polar surface area (TPSA) is 114 Å². The number of hydrogen-bond donors (Lipinski definition) is 2. The van der Waals surface area contributed by atoms with Gasteiger partial charge in [0.2, 0.25) is 0 Å². The molecule has 126 valence electrons. The van der Waals surface area contributed by atoms with E-state index in [4.69, 9.17) is 0 Å². The number of nitrogens with one attached hydrogen (secondary N) is 1. The lowest BCUT2D eigenvalue weighted by atomic mass is 10.1. The van der Waals surface area contributed by atoms with Gasteiger partial charge >= 0.3 is 5.97 Å². The second-order valence-electron chi connectivity index (χ2n) is 5.21. The zero-order valence-corrected chi connectivity index (χ0v) is 15.0. The summed E-state index contributed by atoms with van der Waals surface area (Å²) in [4.78, 5) is 15.7. The van der Waals surface area contributed by atoms with E-state index in [1.165, 1.54) is 4.68 Å². The van der Waals surface area contributed by atoms with Crippen LogP contribution in [0.3, 0.4) is 0 Å². The molecule has 8 nitrogen and oxygen atoms in total. The van der Waals surface area contributed by atoms with Gasteiger partial charge in [-0.3, -0.25) is 9.48 Å². The molecule has 0 fully saturated rings. The van der Waals surface area contributed by atoms with Crippen molar-refractivity contribution in [1.82, 2.24) is 19.5 Å². The minimum absolute atomic E-state index is 0.0282. The number of sulfonamides is 1. The number of carboxylic acids is 1. The molecule has 2 N–H and O–H groups in total. The molecule has 23 heavy (non-hydrogen) atoms. The SMILES string of the molecule is Cc1nc(C)c(S(=O)(=O)NC(C(=O)O)c2c(C)nn(C)c2C)s1. The molecule has 0 amide bonds. The second kappa shape index (κ2) is 6.02. The molecule has 0 aliphatic rings. The van der Waals surface area contributed by atoms with Gasteiger partial charge in [0.15, 0.2) is 4.21 Å². The number of aromatic nitrogens is 3. The molecule has 2 aromatic heterocycles. The summed E-state index contributed by atoms with van der Waals surface area (Å²) in [5.74, 6) is -1.29. The fourth-order valence-corrected chi connectivity index (χ4v) is 5.07. The van der Waals surface area contributed by atoms with E-state index in [-0.39, 0.29) is 4.21 Å². The van der Waals surface area contributed by atoms with Crippen LogP contribution in [-0.4, -0.2) is 34.3 Å². The summed E-state index contributed by atoms with van der Waals surface area (Å²) >= 11 is 1.01. The Morgan fingerprint density at radius 2 is 1.87 bits per heavy atom. The maximum Gasteiger partial charge on any atom is 0.326 e. The van der Waals surface area contributed by atoms with Crippen molar-refractivity contribution in [2.45, 2.75) is 37.9 Å². The van der Waals surface area contributed by atoms with Crippen LogP contribution in [0.1, 0.15) is 33.7 Å². The van der Waals surface area contributed by atoms with E-state index in [0.717, 1.165) is 11.3 Å². The zero-order chi connectivity index (χ0) is 17.5. The number of aryl methyl sites for hydroxylation is 4. The lowest BCUT2D eigenvalue weighted by Gasteiger charge is -2.15. The standard InChI is InChI=1S/C13H18N4O4S2/c1-6-10(8(3)17(5)15-6)11(12(18)19)16-23(20,21)13-7(2)14-9(4)22-13/h11,16H,1-5H3,(H,18,19). The maximum absolute atomic E-state index is 12.6. The predicted octanol–water partition coefficient (Wildman–Crippen LogP) is 1.21. The Hall–Kier alpha value is -1.78. The Balaban J connectivity index is 2.48. The van der Waals surface area contributed by atoms with Gasteiger partial charge in [0, 0.05) is 18.3 Å². The van der Waals surface area contributed by atoms with Crippen LogP contribution in [0.25, 0.3) is 0 Å². The van der Waals surface area contributed by atoms with Crippen molar-refractivity contribution in [3.05, 3.63) is 27.7 Å². The first kappa shape index (κ1) is 17.6. The first-order chi connectivity index (χ1) is 10.5. The summed E-state index contributed by atoms with van der Waals surface area (Å²) < 4.78 is 28.9. The molecule has 0 bridgehead atoms. The van der Waals surface area contributed by atoms with Crippen LogP contribution in [0, 0.1) is 27.7 Å². The molecular weight excluding hydrogens is 340 g/mol. The number of carbonyl (C=O) groups is 1. The average molecular weight is 358 g/mol. The molecule has 2 heterocycles. The minimum Gasteiger partial charge on any atom is -0.480 e. The molecule has 0 spiro atoms. The van der Waals surface area contributed by atoms with E-state index >= 15 is 0 Å². The normalized spacial score (nSPS) is 13.3. The number of carboxylic acid groups (broad SMARTS) is 1. The molecule has 1 unspecified atom stereocenters. The minimum atomic E-state index is -4.00. The molecule has 0 saturated carbocycles. The second-order valence-corrected chi connectivity index (χ2v) is 8.32. The van der Waals surface area contributed by atoms with Gasteiger partial charge in [-0.15, -0.1) is 11.3 Å². The van der Waals surface area contributed by atoms with Gasteiger partial charge in [-0.05, 0) is 27.7 Å². The van der Waals surface area contributed by atoms with Gasteiger partial charge < -0.3 is 5.11 Å². The van der Waals surface area contributed by atoms with E-state index in [1.807, 2.05) is 0 Å². The van der Waals surface area contributed by atoms with Crippen LogP contribution in [-0.2, 0) is 21.9 Å². The maximum atomic E-state index is 12.6. The Kier molecular flexibility index (Phi) is 4.60. The van der Waals surface area contributed by atoms with E-state index in [1.54, 1.807) is 34.7 Å². The first-order valence-electron chi connectivity index (χ1n) is 6.74. The van der Waals surface area contributed by atoms with Crippen molar-refractivity contribution in [1.29, 1.82) is 0 Å². The Morgan fingerprint density at radius 3 is 2.26 bits per heavy atom. The van der Waals surface area contributed by atoms with E-state index in [0.29, 0.717) is 27.7 Å². The first-order valence-corrected chi connectivity index (χ1v) is 9.03. The van der Waals surface area contributed by atoms with Gasteiger partial charge in [0.1, 0.15) is 6.04 Å². The van der Waals surface area contributed by atoms with Crippen molar-refractivity contribution < 1.29 is 18.3 Å². The summed E-state index contributed by atoms with van der Waals surface area (Å²) in [6, 6.07) is -1.41. The smallest absolute Gasteiger partial charge is 0.326 e. The lowest BCUT2D eigenvalue weighted by Crippen LogP contribution is -2.34. The monoisotopic (exact) mass is 358 g/mol. The van der Waals surface area contributed by atoms with Gasteiger partial charge in [0.05, 0.1) is 16.4 Å². The van der Waals surface area contributed by atoms with Crippen LogP contribution in [0.2, 0.25) is 0 Å². The highest BCUT2D eigenvalue weighted by Crippen LogP contribution is 2.27. The summed E-state index contributed by atoms with van der Waals surface area (Å²) in [5, 5.41) is 14.2. The average Bonchev–Trinajstić information content (AvgIpc) is 2.88. The molecule has 0 saturated heterocycles. The Morgan fingerprint density at radius 1 is 1.26 bits per heavy atom. The third kappa shape index (κ3) is 3.28. The highest BCUT2D eigenvalue weighted by molar-refractivity contribution is 7.91. The molecule has 2 aromatic rings. The molecule has 0 aromatic carbocycles. The summed E-state index contributed by atoms with van der Waals surface area (Å²) in [7, 11) is -2.32. The zero-order valence-electron chi connectivity index (χ0n) is 13.4. The lowest BCUT2D eigenvalue weighted by molar-refractivity contribution is -0.139. The van der Waals surface area contributed by atoms with E-state index in [9.17, 15) is 18.3 Å². The van der Waals surface area contributed by atoms with Crippen molar-refractivity contribution in [2.24, 2.45) is 7.05 Å². The number of aliphatic carboxylic acids is 1. The summed E-state index contributed by atoms with van der Waals surface area (Å²) in [6.07, 6.45) is 0. The Labute approximate surface area is 138 Å².